The summed E-state index contributed by atoms with van der Waals surface area (Å²) in [7, 11) is -2.65. The molecular weight excluding hydrogens is 271 g/mol. The summed E-state index contributed by atoms with van der Waals surface area (Å²) >= 11 is 0. The first-order chi connectivity index (χ1) is 9.68. The highest BCUT2D eigenvalue weighted by atomic mass is 31.2. The molecule has 0 spiro atoms. The van der Waals surface area contributed by atoms with E-state index in [1.165, 1.54) is 70.6 Å². The van der Waals surface area contributed by atoms with Crippen LogP contribution in [-0.2, 0) is 0 Å². The van der Waals surface area contributed by atoms with Crippen LogP contribution < -0.4 is 9.79 Å². The number of aliphatic hydroxyl groups excluding tert-OH is 1. The van der Waals surface area contributed by atoms with Crippen LogP contribution in [0.3, 0.4) is 0 Å². The third kappa shape index (κ3) is 14.7. The predicted molar refractivity (Wildman–Crippen MR) is 83.2 cm³/mol. The van der Waals surface area contributed by atoms with Crippen LogP contribution in [0.1, 0.15) is 96.8 Å². The fourth-order valence-corrected chi connectivity index (χ4v) is 2.84. The van der Waals surface area contributed by atoms with Crippen LogP contribution in [0, 0.1) is 0 Å². The molecule has 0 saturated carbocycles. The number of unbranched alkanes of at least 4 members (excludes halogenated alkanes) is 12. The zero-order chi connectivity index (χ0) is 15.1. The van der Waals surface area contributed by atoms with Crippen molar-refractivity contribution >= 4 is 8.38 Å². The van der Waals surface area contributed by atoms with E-state index in [-0.39, 0.29) is 0 Å². The maximum absolute atomic E-state index is 10.4. The van der Waals surface area contributed by atoms with Crippen LogP contribution in [0.15, 0.2) is 0 Å². The quantitative estimate of drug-likeness (QED) is 0.369. The predicted octanol–water partition coefficient (Wildman–Crippen LogP) is 3.82. The number of rotatable bonds is 15. The van der Waals surface area contributed by atoms with Crippen LogP contribution in [0.25, 0.3) is 0 Å². The van der Waals surface area contributed by atoms with Gasteiger partial charge in [0.15, 0.2) is 0 Å². The fraction of sp³-hybridized carbons (Fsp3) is 1.00. The average molecular weight is 304 g/mol. The van der Waals surface area contributed by atoms with Crippen LogP contribution >= 0.6 is 8.38 Å². The molecule has 1 N–H and O–H groups in total. The summed E-state index contributed by atoms with van der Waals surface area (Å²) in [5.41, 5.74) is 0. The Kier molecular flexibility index (Phi) is 15.9. The smallest absolute Gasteiger partial charge is 0.0434 e. The second-order valence-corrected chi connectivity index (χ2v) is 6.96. The van der Waals surface area contributed by atoms with Gasteiger partial charge in [-0.3, -0.25) is 8.38 Å². The molecule has 0 rings (SSSR count). The van der Waals surface area contributed by atoms with Gasteiger partial charge in [0, 0.05) is 5.85 Å². The first-order valence-corrected chi connectivity index (χ1v) is 9.74. The second-order valence-electron chi connectivity index (χ2n) is 5.80. The molecule has 0 aliphatic carbocycles. The minimum Gasteiger partial charge on any atom is -0.840 e. The van der Waals surface area contributed by atoms with Crippen molar-refractivity contribution in [3.05, 3.63) is 0 Å². The molecule has 122 valence electrons. The van der Waals surface area contributed by atoms with E-state index < -0.39 is 14.2 Å². The molecule has 3 nitrogen and oxygen atoms in total. The van der Waals surface area contributed by atoms with Gasteiger partial charge >= 0.3 is 0 Å². The van der Waals surface area contributed by atoms with E-state index in [0.29, 0.717) is 6.42 Å². The van der Waals surface area contributed by atoms with Crippen molar-refractivity contribution in [1.82, 2.24) is 0 Å². The minimum absolute atomic E-state index is 0.399. The largest absolute Gasteiger partial charge is 0.840 e. The van der Waals surface area contributed by atoms with Crippen molar-refractivity contribution in [2.75, 3.05) is 0 Å². The molecule has 0 amide bonds. The average Bonchev–Trinajstić information content (AvgIpc) is 2.43. The van der Waals surface area contributed by atoms with Crippen molar-refractivity contribution in [2.24, 2.45) is 0 Å². The van der Waals surface area contributed by atoms with Gasteiger partial charge in [-0.2, -0.15) is 0 Å². The minimum atomic E-state index is -2.65. The molecule has 20 heavy (non-hydrogen) atoms. The summed E-state index contributed by atoms with van der Waals surface area (Å²) in [6.45, 7) is 2.25. The van der Waals surface area contributed by atoms with Crippen LogP contribution in [0.2, 0.25) is 0 Å². The molecule has 0 fully saturated rings. The standard InChI is InChI=1S/C16H33O3P/c1-2-3-4-5-6-7-8-9-10-11-12-13-14-15-16(17)20(18)19/h16-17H,2-15H2,1H3/q-2. The van der Waals surface area contributed by atoms with Gasteiger partial charge < -0.3 is 14.9 Å². The Morgan fingerprint density at radius 2 is 1.05 bits per heavy atom. The monoisotopic (exact) mass is 304 g/mol. The molecule has 0 heterocycles. The molecule has 0 aromatic heterocycles. The molecule has 0 aliphatic heterocycles. The van der Waals surface area contributed by atoms with Crippen molar-refractivity contribution in [3.8, 4) is 0 Å². The summed E-state index contributed by atoms with van der Waals surface area (Å²) in [6.07, 6.45) is 17.0. The topological polar surface area (TPSA) is 66.3 Å². The number of hydrogen-bond donors (Lipinski definition) is 1. The Morgan fingerprint density at radius 1 is 0.700 bits per heavy atom. The summed E-state index contributed by atoms with van der Waals surface area (Å²) < 4.78 is 0. The van der Waals surface area contributed by atoms with Crippen molar-refractivity contribution in [1.29, 1.82) is 0 Å². The van der Waals surface area contributed by atoms with Crippen LogP contribution in [0.5, 0.6) is 0 Å². The highest BCUT2D eigenvalue weighted by molar-refractivity contribution is 7.42. The van der Waals surface area contributed by atoms with Crippen molar-refractivity contribution in [3.63, 3.8) is 0 Å². The summed E-state index contributed by atoms with van der Waals surface area (Å²) in [5, 5.41) is 9.11. The molecular formula is C16H33O3P-2. The highest BCUT2D eigenvalue weighted by Gasteiger charge is 1.99. The highest BCUT2D eigenvalue weighted by Crippen LogP contribution is 2.23. The Morgan fingerprint density at radius 3 is 1.40 bits per heavy atom. The Balaban J connectivity index is 3.03. The van der Waals surface area contributed by atoms with Gasteiger partial charge in [-0.1, -0.05) is 90.4 Å². The Hall–Kier alpha value is 0.310. The van der Waals surface area contributed by atoms with E-state index in [9.17, 15) is 9.79 Å². The van der Waals surface area contributed by atoms with Gasteiger partial charge in [0.25, 0.3) is 0 Å². The lowest BCUT2D eigenvalue weighted by Crippen LogP contribution is -2.20. The SMILES string of the molecule is CCCCCCCCCCCCCCCC(O)P([O-])[O-]. The lowest BCUT2D eigenvalue weighted by molar-refractivity contribution is -0.300. The van der Waals surface area contributed by atoms with E-state index in [2.05, 4.69) is 6.92 Å². The molecule has 0 aromatic rings. The van der Waals surface area contributed by atoms with Crippen LogP contribution in [-0.4, -0.2) is 11.0 Å². The van der Waals surface area contributed by atoms with Gasteiger partial charge in [0.1, 0.15) is 0 Å². The fourth-order valence-electron chi connectivity index (χ4n) is 2.45. The van der Waals surface area contributed by atoms with Gasteiger partial charge in [0.05, 0.1) is 0 Å². The Labute approximate surface area is 126 Å². The molecule has 0 aromatic carbocycles. The molecule has 1 atom stereocenters. The molecule has 0 aliphatic rings. The van der Waals surface area contributed by atoms with E-state index in [0.717, 1.165) is 12.8 Å². The number of aliphatic hydroxyl groups is 1. The van der Waals surface area contributed by atoms with Gasteiger partial charge in [0.2, 0.25) is 0 Å². The first-order valence-electron chi connectivity index (χ1n) is 8.50. The molecule has 4 heteroatoms. The molecule has 1 unspecified atom stereocenters. The van der Waals surface area contributed by atoms with Gasteiger partial charge in [-0.05, 0) is 6.42 Å². The maximum atomic E-state index is 10.4. The normalized spacial score (nSPS) is 13.1. The Bertz CT molecular complexity index is 189. The molecule has 0 saturated heterocycles. The van der Waals surface area contributed by atoms with Crippen molar-refractivity contribution in [2.45, 2.75) is 103 Å². The second kappa shape index (κ2) is 15.7. The van der Waals surface area contributed by atoms with E-state index in [1.807, 2.05) is 0 Å². The summed E-state index contributed by atoms with van der Waals surface area (Å²) in [6, 6.07) is 0. The van der Waals surface area contributed by atoms with Crippen molar-refractivity contribution < 1.29 is 14.9 Å². The van der Waals surface area contributed by atoms with Gasteiger partial charge in [-0.25, -0.2) is 0 Å². The molecule has 0 radical (unpaired) electrons. The first kappa shape index (κ1) is 20.3. The lowest BCUT2D eigenvalue weighted by Gasteiger charge is -2.36. The maximum Gasteiger partial charge on any atom is 0.0434 e. The van der Waals surface area contributed by atoms with E-state index >= 15 is 0 Å². The van der Waals surface area contributed by atoms with Gasteiger partial charge in [-0.15, -0.1) is 0 Å². The number of hydrogen-bond acceptors (Lipinski definition) is 3. The van der Waals surface area contributed by atoms with E-state index in [4.69, 9.17) is 5.11 Å². The lowest BCUT2D eigenvalue weighted by atomic mass is 10.0. The molecule has 0 bridgehead atoms. The zero-order valence-corrected chi connectivity index (χ0v) is 14.1. The zero-order valence-electron chi connectivity index (χ0n) is 13.2. The summed E-state index contributed by atoms with van der Waals surface area (Å²) in [4.78, 5) is 20.9. The van der Waals surface area contributed by atoms with Crippen LogP contribution in [0.4, 0.5) is 0 Å². The third-order valence-electron chi connectivity index (χ3n) is 3.81. The van der Waals surface area contributed by atoms with E-state index in [1.54, 1.807) is 0 Å². The third-order valence-corrected chi connectivity index (χ3v) is 4.55. The summed E-state index contributed by atoms with van der Waals surface area (Å²) in [5.74, 6) is -1.13.